The van der Waals surface area contributed by atoms with Crippen molar-refractivity contribution in [2.24, 2.45) is 0 Å². The van der Waals surface area contributed by atoms with Gasteiger partial charge in [-0.3, -0.25) is 4.79 Å². The number of carbonyl (C=O) groups excluding carboxylic acids is 1. The molecule has 4 heteroatoms. The maximum atomic E-state index is 11.9. The monoisotopic (exact) mass is 259 g/mol. The summed E-state index contributed by atoms with van der Waals surface area (Å²) in [5, 5.41) is 0. The molecule has 0 radical (unpaired) electrons. The van der Waals surface area contributed by atoms with Crippen molar-refractivity contribution < 1.29 is 9.53 Å². The third kappa shape index (κ3) is 6.32. The van der Waals surface area contributed by atoms with Gasteiger partial charge in [-0.1, -0.05) is 20.8 Å². The van der Waals surface area contributed by atoms with Gasteiger partial charge >= 0.3 is 0 Å². The maximum absolute atomic E-state index is 11.9. The van der Waals surface area contributed by atoms with E-state index in [2.05, 4.69) is 20.8 Å². The summed E-state index contributed by atoms with van der Waals surface area (Å²) in [6.07, 6.45) is 1.85. The normalized spacial score (nSPS) is 21.6. The zero-order valence-corrected chi connectivity index (χ0v) is 12.3. The van der Waals surface area contributed by atoms with E-state index in [0.717, 1.165) is 25.3 Å². The number of hydrogen-bond acceptors (Lipinski definition) is 3. The number of amides is 1. The highest BCUT2D eigenvalue weighted by Gasteiger charge is 2.20. The predicted octanol–water partition coefficient (Wildman–Crippen LogP) is 2.55. The van der Waals surface area contributed by atoms with Crippen molar-refractivity contribution in [2.75, 3.05) is 25.4 Å². The summed E-state index contributed by atoms with van der Waals surface area (Å²) in [7, 11) is 0. The van der Waals surface area contributed by atoms with E-state index in [0.29, 0.717) is 17.8 Å². The Morgan fingerprint density at radius 1 is 1.47 bits per heavy atom. The molecule has 1 heterocycles. The van der Waals surface area contributed by atoms with E-state index in [1.807, 2.05) is 23.6 Å². The van der Waals surface area contributed by atoms with E-state index in [-0.39, 0.29) is 12.0 Å². The molecule has 1 atom stereocenters. The SMILES string of the molecule is CC1CN(C(=O)CCCSC(C)(C)C)CCO1. The van der Waals surface area contributed by atoms with Crippen molar-refractivity contribution in [1.82, 2.24) is 4.90 Å². The van der Waals surface area contributed by atoms with Crippen LogP contribution in [0, 0.1) is 0 Å². The molecule has 17 heavy (non-hydrogen) atoms. The van der Waals surface area contributed by atoms with Crippen LogP contribution in [0.4, 0.5) is 0 Å². The van der Waals surface area contributed by atoms with Crippen molar-refractivity contribution in [3.8, 4) is 0 Å². The molecular weight excluding hydrogens is 234 g/mol. The highest BCUT2D eigenvalue weighted by atomic mass is 32.2. The van der Waals surface area contributed by atoms with Crippen LogP contribution in [0.25, 0.3) is 0 Å². The van der Waals surface area contributed by atoms with Gasteiger partial charge in [0.15, 0.2) is 0 Å². The summed E-state index contributed by atoms with van der Waals surface area (Å²) in [6.45, 7) is 10.9. The summed E-state index contributed by atoms with van der Waals surface area (Å²) in [5.41, 5.74) is 0. The fraction of sp³-hybridized carbons (Fsp3) is 0.923. The fourth-order valence-corrected chi connectivity index (χ4v) is 2.71. The average molecular weight is 259 g/mol. The minimum absolute atomic E-state index is 0.191. The first-order valence-corrected chi connectivity index (χ1v) is 7.40. The number of rotatable bonds is 4. The second kappa shape index (κ2) is 6.64. The topological polar surface area (TPSA) is 29.5 Å². The molecule has 1 amide bonds. The van der Waals surface area contributed by atoms with E-state index in [9.17, 15) is 4.79 Å². The minimum Gasteiger partial charge on any atom is -0.375 e. The smallest absolute Gasteiger partial charge is 0.222 e. The van der Waals surface area contributed by atoms with Crippen LogP contribution >= 0.6 is 11.8 Å². The molecule has 1 unspecified atom stereocenters. The van der Waals surface area contributed by atoms with Gasteiger partial charge in [0.05, 0.1) is 12.7 Å². The molecule has 3 nitrogen and oxygen atoms in total. The third-order valence-corrected chi connectivity index (χ3v) is 4.02. The Hall–Kier alpha value is -0.220. The Morgan fingerprint density at radius 2 is 2.18 bits per heavy atom. The molecule has 0 spiro atoms. The van der Waals surface area contributed by atoms with Gasteiger partial charge < -0.3 is 9.64 Å². The molecule has 0 aromatic rings. The van der Waals surface area contributed by atoms with Crippen molar-refractivity contribution in [2.45, 2.75) is 51.4 Å². The van der Waals surface area contributed by atoms with Gasteiger partial charge in [0.1, 0.15) is 0 Å². The minimum atomic E-state index is 0.191. The summed E-state index contributed by atoms with van der Waals surface area (Å²) in [5.74, 6) is 1.35. The first kappa shape index (κ1) is 14.8. The second-order valence-electron chi connectivity index (χ2n) is 5.59. The lowest BCUT2D eigenvalue weighted by atomic mass is 10.2. The highest BCUT2D eigenvalue weighted by molar-refractivity contribution is 8.00. The Labute approximate surface area is 109 Å². The van der Waals surface area contributed by atoms with Crippen molar-refractivity contribution in [3.63, 3.8) is 0 Å². The Kier molecular flexibility index (Phi) is 5.80. The van der Waals surface area contributed by atoms with Gasteiger partial charge in [0.25, 0.3) is 0 Å². The molecule has 100 valence electrons. The summed E-state index contributed by atoms with van der Waals surface area (Å²) in [6, 6.07) is 0. The van der Waals surface area contributed by atoms with Crippen LogP contribution in [0.2, 0.25) is 0 Å². The molecule has 1 saturated heterocycles. The summed E-state index contributed by atoms with van der Waals surface area (Å²) < 4.78 is 5.73. The largest absolute Gasteiger partial charge is 0.375 e. The molecule has 0 aromatic carbocycles. The summed E-state index contributed by atoms with van der Waals surface area (Å²) >= 11 is 1.93. The van der Waals surface area contributed by atoms with E-state index in [4.69, 9.17) is 4.74 Å². The maximum Gasteiger partial charge on any atom is 0.222 e. The predicted molar refractivity (Wildman–Crippen MR) is 73.4 cm³/mol. The van der Waals surface area contributed by atoms with Crippen LogP contribution in [0.5, 0.6) is 0 Å². The zero-order chi connectivity index (χ0) is 12.9. The number of morpholine rings is 1. The molecule has 1 rings (SSSR count). The number of hydrogen-bond donors (Lipinski definition) is 0. The van der Waals surface area contributed by atoms with Gasteiger partial charge in [-0.2, -0.15) is 11.8 Å². The van der Waals surface area contributed by atoms with Crippen LogP contribution in [0.1, 0.15) is 40.5 Å². The van der Waals surface area contributed by atoms with Crippen LogP contribution in [-0.4, -0.2) is 47.1 Å². The highest BCUT2D eigenvalue weighted by Crippen LogP contribution is 2.24. The van der Waals surface area contributed by atoms with Gasteiger partial charge in [-0.25, -0.2) is 0 Å². The van der Waals surface area contributed by atoms with Crippen molar-refractivity contribution >= 4 is 17.7 Å². The molecule has 1 fully saturated rings. The summed E-state index contributed by atoms with van der Waals surface area (Å²) in [4.78, 5) is 13.9. The molecule has 0 bridgehead atoms. The molecule has 0 aromatic heterocycles. The number of ether oxygens (including phenoxy) is 1. The lowest BCUT2D eigenvalue weighted by Crippen LogP contribution is -2.44. The number of nitrogens with zero attached hydrogens (tertiary/aromatic N) is 1. The van der Waals surface area contributed by atoms with Crippen LogP contribution in [-0.2, 0) is 9.53 Å². The van der Waals surface area contributed by atoms with Gasteiger partial charge in [-0.05, 0) is 19.1 Å². The molecular formula is C13H25NO2S. The van der Waals surface area contributed by atoms with Crippen molar-refractivity contribution in [1.29, 1.82) is 0 Å². The third-order valence-electron chi connectivity index (χ3n) is 2.66. The molecule has 0 aliphatic carbocycles. The average Bonchev–Trinajstić information content (AvgIpc) is 2.23. The first-order valence-electron chi connectivity index (χ1n) is 6.42. The quantitative estimate of drug-likeness (QED) is 0.727. The molecule has 1 aliphatic heterocycles. The van der Waals surface area contributed by atoms with Crippen LogP contribution < -0.4 is 0 Å². The standard InChI is InChI=1S/C13H25NO2S/c1-11-10-14(7-8-16-11)12(15)6-5-9-17-13(2,3)4/h11H,5-10H2,1-4H3. The lowest BCUT2D eigenvalue weighted by molar-refractivity contribution is -0.138. The second-order valence-corrected chi connectivity index (χ2v) is 7.51. The Morgan fingerprint density at radius 3 is 2.76 bits per heavy atom. The Balaban J connectivity index is 2.16. The first-order chi connectivity index (χ1) is 7.88. The fourth-order valence-electron chi connectivity index (χ4n) is 1.80. The van der Waals surface area contributed by atoms with Gasteiger partial charge in [0.2, 0.25) is 5.91 Å². The van der Waals surface area contributed by atoms with Gasteiger partial charge in [0, 0.05) is 24.3 Å². The number of thioether (sulfide) groups is 1. The van der Waals surface area contributed by atoms with Crippen LogP contribution in [0.15, 0.2) is 0 Å². The Bertz CT molecular complexity index is 250. The van der Waals surface area contributed by atoms with Gasteiger partial charge in [-0.15, -0.1) is 0 Å². The van der Waals surface area contributed by atoms with E-state index >= 15 is 0 Å². The molecule has 0 N–H and O–H groups in total. The van der Waals surface area contributed by atoms with Crippen molar-refractivity contribution in [3.05, 3.63) is 0 Å². The van der Waals surface area contributed by atoms with E-state index in [1.54, 1.807) is 0 Å². The number of carbonyl (C=O) groups is 1. The zero-order valence-electron chi connectivity index (χ0n) is 11.5. The van der Waals surface area contributed by atoms with E-state index in [1.165, 1.54) is 0 Å². The van der Waals surface area contributed by atoms with E-state index < -0.39 is 0 Å². The molecule has 1 aliphatic rings. The van der Waals surface area contributed by atoms with Crippen LogP contribution in [0.3, 0.4) is 0 Å². The molecule has 0 saturated carbocycles. The lowest BCUT2D eigenvalue weighted by Gasteiger charge is -2.31.